The highest BCUT2D eigenvalue weighted by Crippen LogP contribution is 2.01. The van der Waals surface area contributed by atoms with Crippen molar-refractivity contribution in [1.29, 1.82) is 0 Å². The summed E-state index contributed by atoms with van der Waals surface area (Å²) in [4.78, 5) is 4.11. The van der Waals surface area contributed by atoms with E-state index >= 15 is 0 Å². The summed E-state index contributed by atoms with van der Waals surface area (Å²) < 4.78 is 2.12. The Morgan fingerprint density at radius 3 is 3.00 bits per heavy atom. The van der Waals surface area contributed by atoms with Gasteiger partial charge in [0.05, 0.1) is 18.2 Å². The van der Waals surface area contributed by atoms with E-state index in [1.165, 1.54) is 5.69 Å². The first-order valence-corrected chi connectivity index (χ1v) is 5.61. The lowest BCUT2D eigenvalue weighted by molar-refractivity contribution is 0.577. The lowest BCUT2D eigenvalue weighted by Gasteiger charge is -2.04. The van der Waals surface area contributed by atoms with Crippen LogP contribution in [-0.4, -0.2) is 22.6 Å². The van der Waals surface area contributed by atoms with Crippen molar-refractivity contribution in [2.75, 3.05) is 13.1 Å². The topological polar surface area (TPSA) is 29.9 Å². The number of hydrogen-bond donors (Lipinski definition) is 1. The molecule has 0 amide bonds. The molecule has 1 N–H and O–H groups in total. The minimum Gasteiger partial charge on any atom is -0.331 e. The van der Waals surface area contributed by atoms with Gasteiger partial charge in [0.15, 0.2) is 0 Å². The van der Waals surface area contributed by atoms with Gasteiger partial charge in [0.2, 0.25) is 0 Å². The molecule has 0 saturated carbocycles. The molecule has 0 radical (unpaired) electrons. The Morgan fingerprint density at radius 1 is 1.53 bits per heavy atom. The Kier molecular flexibility index (Phi) is 5.12. The highest BCUT2D eigenvalue weighted by molar-refractivity contribution is 5.43. The molecule has 0 spiro atoms. The van der Waals surface area contributed by atoms with Crippen LogP contribution in [0.15, 0.2) is 18.6 Å². The maximum atomic E-state index is 4.11. The number of nitrogens with zero attached hydrogens (tertiary/aromatic N) is 2. The number of hydrogen-bond acceptors (Lipinski definition) is 2. The quantitative estimate of drug-likeness (QED) is 0.724. The second-order valence-corrected chi connectivity index (χ2v) is 4.06. The predicted molar refractivity (Wildman–Crippen MR) is 64.6 cm³/mol. The third-order valence-corrected chi connectivity index (χ3v) is 2.19. The van der Waals surface area contributed by atoms with Gasteiger partial charge in [-0.1, -0.05) is 19.9 Å². The van der Waals surface area contributed by atoms with E-state index in [-0.39, 0.29) is 0 Å². The van der Waals surface area contributed by atoms with Crippen molar-refractivity contribution in [3.8, 4) is 0 Å². The Labute approximate surface area is 92.2 Å². The fourth-order valence-electron chi connectivity index (χ4n) is 1.37. The van der Waals surface area contributed by atoms with Crippen LogP contribution in [-0.2, 0) is 6.54 Å². The number of aryl methyl sites for hydroxylation is 1. The molecule has 0 saturated heterocycles. The number of aromatic nitrogens is 2. The Hall–Kier alpha value is -1.09. The van der Waals surface area contributed by atoms with Gasteiger partial charge in [0.25, 0.3) is 0 Å². The second-order valence-electron chi connectivity index (χ2n) is 4.06. The zero-order valence-electron chi connectivity index (χ0n) is 9.90. The Bertz CT molecular complexity index is 300. The summed E-state index contributed by atoms with van der Waals surface area (Å²) in [5, 5.41) is 3.37. The third kappa shape index (κ3) is 4.30. The number of rotatable bonds is 6. The molecule has 0 aromatic carbocycles. The van der Waals surface area contributed by atoms with Crippen molar-refractivity contribution >= 4 is 6.08 Å². The van der Waals surface area contributed by atoms with E-state index in [0.717, 1.165) is 19.6 Å². The first kappa shape index (κ1) is 12.0. The standard InChI is InChI=1S/C12H21N3/c1-4-15-10-14-9-12(15)6-5-7-13-8-11(2)3/h5-6,9-11,13H,4,7-8H2,1-3H3. The van der Waals surface area contributed by atoms with Gasteiger partial charge >= 0.3 is 0 Å². The Balaban J connectivity index is 2.31. The zero-order valence-corrected chi connectivity index (χ0v) is 9.90. The first-order chi connectivity index (χ1) is 7.24. The van der Waals surface area contributed by atoms with E-state index in [9.17, 15) is 0 Å². The second kappa shape index (κ2) is 6.40. The predicted octanol–water partition coefficient (Wildman–Crippen LogP) is 2.16. The normalized spacial score (nSPS) is 11.7. The average Bonchev–Trinajstić information content (AvgIpc) is 2.64. The SMILES string of the molecule is CCn1cncc1C=CCNCC(C)C. The van der Waals surface area contributed by atoms with Crippen LogP contribution in [0.4, 0.5) is 0 Å². The lowest BCUT2D eigenvalue weighted by atomic mass is 10.2. The molecular formula is C12H21N3. The molecule has 3 heteroatoms. The molecule has 1 heterocycles. The van der Waals surface area contributed by atoms with E-state index in [4.69, 9.17) is 0 Å². The summed E-state index contributed by atoms with van der Waals surface area (Å²) in [7, 11) is 0. The molecule has 84 valence electrons. The van der Waals surface area contributed by atoms with Gasteiger partial charge in [-0.3, -0.25) is 0 Å². The minimum atomic E-state index is 0.708. The third-order valence-electron chi connectivity index (χ3n) is 2.19. The molecule has 1 rings (SSSR count). The van der Waals surface area contributed by atoms with Crippen LogP contribution in [0, 0.1) is 5.92 Å². The molecule has 0 unspecified atom stereocenters. The van der Waals surface area contributed by atoms with Gasteiger partial charge in [0, 0.05) is 13.1 Å². The summed E-state index contributed by atoms with van der Waals surface area (Å²) in [6.07, 6.45) is 8.01. The fraction of sp³-hybridized carbons (Fsp3) is 0.583. The number of imidazole rings is 1. The molecule has 0 aliphatic heterocycles. The van der Waals surface area contributed by atoms with E-state index in [0.29, 0.717) is 5.92 Å². The molecular weight excluding hydrogens is 186 g/mol. The van der Waals surface area contributed by atoms with Gasteiger partial charge in [-0.15, -0.1) is 0 Å². The van der Waals surface area contributed by atoms with E-state index < -0.39 is 0 Å². The van der Waals surface area contributed by atoms with E-state index in [2.05, 4.69) is 47.8 Å². The van der Waals surface area contributed by atoms with Crippen molar-refractivity contribution in [1.82, 2.24) is 14.9 Å². The first-order valence-electron chi connectivity index (χ1n) is 5.61. The van der Waals surface area contributed by atoms with Gasteiger partial charge < -0.3 is 9.88 Å². The Morgan fingerprint density at radius 2 is 2.33 bits per heavy atom. The van der Waals surface area contributed by atoms with Crippen LogP contribution < -0.4 is 5.32 Å². The molecule has 1 aromatic heterocycles. The lowest BCUT2D eigenvalue weighted by Crippen LogP contribution is -2.19. The maximum absolute atomic E-state index is 4.11. The van der Waals surface area contributed by atoms with Crippen molar-refractivity contribution in [2.45, 2.75) is 27.3 Å². The largest absolute Gasteiger partial charge is 0.331 e. The van der Waals surface area contributed by atoms with Crippen molar-refractivity contribution in [3.63, 3.8) is 0 Å². The molecule has 0 bridgehead atoms. The summed E-state index contributed by atoms with van der Waals surface area (Å²) in [5.41, 5.74) is 1.17. The molecule has 15 heavy (non-hydrogen) atoms. The van der Waals surface area contributed by atoms with Crippen LogP contribution in [0.1, 0.15) is 26.5 Å². The van der Waals surface area contributed by atoms with Crippen molar-refractivity contribution < 1.29 is 0 Å². The summed E-state index contributed by atoms with van der Waals surface area (Å²) in [5.74, 6) is 0.708. The van der Waals surface area contributed by atoms with Crippen LogP contribution in [0.3, 0.4) is 0 Å². The van der Waals surface area contributed by atoms with Gasteiger partial charge in [-0.25, -0.2) is 4.98 Å². The number of nitrogens with one attached hydrogen (secondary N) is 1. The fourth-order valence-corrected chi connectivity index (χ4v) is 1.37. The van der Waals surface area contributed by atoms with Crippen LogP contribution in [0.2, 0.25) is 0 Å². The van der Waals surface area contributed by atoms with E-state index in [1.807, 2.05) is 12.5 Å². The monoisotopic (exact) mass is 207 g/mol. The highest BCUT2D eigenvalue weighted by Gasteiger charge is 1.94. The van der Waals surface area contributed by atoms with Crippen molar-refractivity contribution in [2.24, 2.45) is 5.92 Å². The van der Waals surface area contributed by atoms with Crippen LogP contribution >= 0.6 is 0 Å². The van der Waals surface area contributed by atoms with Crippen LogP contribution in [0.25, 0.3) is 6.08 Å². The molecule has 3 nitrogen and oxygen atoms in total. The minimum absolute atomic E-state index is 0.708. The zero-order chi connectivity index (χ0) is 11.1. The molecule has 0 fully saturated rings. The average molecular weight is 207 g/mol. The van der Waals surface area contributed by atoms with Gasteiger partial charge in [-0.2, -0.15) is 0 Å². The maximum Gasteiger partial charge on any atom is 0.0950 e. The van der Waals surface area contributed by atoms with Crippen LogP contribution in [0.5, 0.6) is 0 Å². The molecule has 0 aliphatic carbocycles. The molecule has 0 aliphatic rings. The van der Waals surface area contributed by atoms with Gasteiger partial charge in [0.1, 0.15) is 0 Å². The van der Waals surface area contributed by atoms with Crippen molar-refractivity contribution in [3.05, 3.63) is 24.3 Å². The molecule has 0 atom stereocenters. The summed E-state index contributed by atoms with van der Waals surface area (Å²) in [6.45, 7) is 9.51. The summed E-state index contributed by atoms with van der Waals surface area (Å²) >= 11 is 0. The van der Waals surface area contributed by atoms with E-state index in [1.54, 1.807) is 0 Å². The van der Waals surface area contributed by atoms with Gasteiger partial charge in [-0.05, 0) is 25.5 Å². The smallest absolute Gasteiger partial charge is 0.0950 e. The summed E-state index contributed by atoms with van der Waals surface area (Å²) in [6, 6.07) is 0. The highest BCUT2D eigenvalue weighted by atomic mass is 15.0. The molecule has 1 aromatic rings.